The van der Waals surface area contributed by atoms with E-state index < -0.39 is 0 Å². The summed E-state index contributed by atoms with van der Waals surface area (Å²) in [6.45, 7) is 0. The zero-order chi connectivity index (χ0) is 9.93. The first-order chi connectivity index (χ1) is 7.33. The molecule has 0 N–H and O–H groups in total. The minimum absolute atomic E-state index is 0.0229. The number of epoxide rings is 1. The van der Waals surface area contributed by atoms with E-state index in [4.69, 9.17) is 4.74 Å². The van der Waals surface area contributed by atoms with Gasteiger partial charge in [-0.2, -0.15) is 0 Å². The van der Waals surface area contributed by atoms with Gasteiger partial charge in [0.15, 0.2) is 0 Å². The van der Waals surface area contributed by atoms with E-state index in [0.717, 1.165) is 5.69 Å². The van der Waals surface area contributed by atoms with Crippen LogP contribution in [-0.2, 0) is 10.3 Å². The molecule has 78 valence electrons. The number of aromatic nitrogens is 1. The molecule has 1 aliphatic heterocycles. The minimum atomic E-state index is 0.0229. The highest BCUT2D eigenvalue weighted by Gasteiger charge is 2.66. The highest BCUT2D eigenvalue weighted by atomic mass is 16.6. The lowest BCUT2D eigenvalue weighted by Crippen LogP contribution is -2.24. The van der Waals surface area contributed by atoms with Crippen LogP contribution in [0.1, 0.15) is 37.8 Å². The second-order valence-electron chi connectivity index (χ2n) is 5.42. The van der Waals surface area contributed by atoms with Gasteiger partial charge in [0.1, 0.15) is 5.60 Å². The number of hydrogen-bond acceptors (Lipinski definition) is 2. The van der Waals surface area contributed by atoms with Gasteiger partial charge >= 0.3 is 0 Å². The van der Waals surface area contributed by atoms with Gasteiger partial charge in [0.2, 0.25) is 0 Å². The van der Waals surface area contributed by atoms with Crippen LogP contribution in [0, 0.1) is 5.41 Å². The SMILES string of the molecule is c1ccc([C@@]23CCC4(CC4)C[C@@H]2O3)nc1. The normalized spacial score (nSPS) is 39.9. The van der Waals surface area contributed by atoms with Crippen LogP contribution in [0.3, 0.4) is 0 Å². The van der Waals surface area contributed by atoms with Crippen molar-refractivity contribution in [2.45, 2.75) is 43.8 Å². The molecule has 2 nitrogen and oxygen atoms in total. The molecule has 1 aromatic rings. The molecule has 2 atom stereocenters. The summed E-state index contributed by atoms with van der Waals surface area (Å²) >= 11 is 0. The average Bonchev–Trinajstić information content (AvgIpc) is 3.18. The van der Waals surface area contributed by atoms with Crippen LogP contribution < -0.4 is 0 Å². The van der Waals surface area contributed by atoms with Crippen molar-refractivity contribution in [1.82, 2.24) is 4.98 Å². The van der Waals surface area contributed by atoms with E-state index in [2.05, 4.69) is 17.1 Å². The Labute approximate surface area is 89.7 Å². The Morgan fingerprint density at radius 1 is 1.20 bits per heavy atom. The number of rotatable bonds is 1. The Hall–Kier alpha value is -0.890. The van der Waals surface area contributed by atoms with E-state index in [-0.39, 0.29) is 5.60 Å². The summed E-state index contributed by atoms with van der Waals surface area (Å²) in [5, 5.41) is 0. The van der Waals surface area contributed by atoms with Crippen molar-refractivity contribution < 1.29 is 4.74 Å². The van der Waals surface area contributed by atoms with Gasteiger partial charge in [-0.1, -0.05) is 6.07 Å². The first-order valence-electron chi connectivity index (χ1n) is 5.92. The predicted octanol–water partition coefficient (Wildman–Crippen LogP) is 2.64. The van der Waals surface area contributed by atoms with Gasteiger partial charge in [0, 0.05) is 6.20 Å². The molecule has 2 saturated carbocycles. The molecule has 0 radical (unpaired) electrons. The van der Waals surface area contributed by atoms with Crippen LogP contribution in [0.15, 0.2) is 24.4 Å². The zero-order valence-corrected chi connectivity index (χ0v) is 8.78. The molecular weight excluding hydrogens is 186 g/mol. The zero-order valence-electron chi connectivity index (χ0n) is 8.78. The molecule has 15 heavy (non-hydrogen) atoms. The monoisotopic (exact) mass is 201 g/mol. The molecule has 0 amide bonds. The maximum absolute atomic E-state index is 5.96. The summed E-state index contributed by atoms with van der Waals surface area (Å²) in [5.74, 6) is 0. The maximum atomic E-state index is 5.96. The van der Waals surface area contributed by atoms with Gasteiger partial charge in [-0.15, -0.1) is 0 Å². The Balaban J connectivity index is 1.64. The summed E-state index contributed by atoms with van der Waals surface area (Å²) in [4.78, 5) is 4.46. The van der Waals surface area contributed by atoms with E-state index in [0.29, 0.717) is 11.5 Å². The maximum Gasteiger partial charge on any atom is 0.136 e. The van der Waals surface area contributed by atoms with Crippen molar-refractivity contribution in [3.63, 3.8) is 0 Å². The predicted molar refractivity (Wildman–Crippen MR) is 56.3 cm³/mol. The fourth-order valence-corrected chi connectivity index (χ4v) is 3.19. The molecule has 0 unspecified atom stereocenters. The average molecular weight is 201 g/mol. The van der Waals surface area contributed by atoms with Crippen molar-refractivity contribution in [2.24, 2.45) is 5.41 Å². The quantitative estimate of drug-likeness (QED) is 0.653. The van der Waals surface area contributed by atoms with Crippen LogP contribution in [0.2, 0.25) is 0 Å². The summed E-state index contributed by atoms with van der Waals surface area (Å²) in [6, 6.07) is 6.16. The largest absolute Gasteiger partial charge is 0.359 e. The molecule has 0 aromatic carbocycles. The third-order valence-corrected chi connectivity index (χ3v) is 4.52. The Morgan fingerprint density at radius 3 is 2.73 bits per heavy atom. The number of hydrogen-bond donors (Lipinski definition) is 0. The second kappa shape index (κ2) is 2.43. The standard InChI is InChI=1S/C13H15NO/c1-2-8-14-10(3-1)13-7-6-12(4-5-12)9-11(13)15-13/h1-3,8,11H,4-7,9H2/t11-,13-/m0/s1. The van der Waals surface area contributed by atoms with Crippen molar-refractivity contribution in [3.8, 4) is 0 Å². The molecule has 3 aliphatic rings. The van der Waals surface area contributed by atoms with E-state index in [1.165, 1.54) is 32.1 Å². The molecule has 2 aliphatic carbocycles. The van der Waals surface area contributed by atoms with Gasteiger partial charge < -0.3 is 4.74 Å². The number of pyridine rings is 1. The molecule has 0 bridgehead atoms. The van der Waals surface area contributed by atoms with E-state index in [1.807, 2.05) is 12.3 Å². The van der Waals surface area contributed by atoms with Crippen LogP contribution in [0.25, 0.3) is 0 Å². The molecule has 1 saturated heterocycles. The molecule has 1 aromatic heterocycles. The lowest BCUT2D eigenvalue weighted by Gasteiger charge is -2.23. The van der Waals surface area contributed by atoms with Crippen molar-refractivity contribution in [3.05, 3.63) is 30.1 Å². The Bertz CT molecular complexity index is 398. The second-order valence-corrected chi connectivity index (χ2v) is 5.42. The number of nitrogens with zero attached hydrogens (tertiary/aromatic N) is 1. The fraction of sp³-hybridized carbons (Fsp3) is 0.615. The summed E-state index contributed by atoms with van der Waals surface area (Å²) < 4.78 is 5.96. The third-order valence-electron chi connectivity index (χ3n) is 4.52. The van der Waals surface area contributed by atoms with E-state index in [9.17, 15) is 0 Å². The summed E-state index contributed by atoms with van der Waals surface area (Å²) in [6.07, 6.45) is 9.04. The van der Waals surface area contributed by atoms with Gasteiger partial charge in [0.25, 0.3) is 0 Å². The van der Waals surface area contributed by atoms with Crippen molar-refractivity contribution in [2.75, 3.05) is 0 Å². The van der Waals surface area contributed by atoms with Crippen LogP contribution in [0.5, 0.6) is 0 Å². The highest BCUT2D eigenvalue weighted by Crippen LogP contribution is 2.66. The molecular formula is C13H15NO. The van der Waals surface area contributed by atoms with Crippen LogP contribution in [-0.4, -0.2) is 11.1 Å². The fourth-order valence-electron chi connectivity index (χ4n) is 3.19. The molecule has 2 heteroatoms. The topological polar surface area (TPSA) is 25.4 Å². The van der Waals surface area contributed by atoms with Crippen molar-refractivity contribution >= 4 is 0 Å². The van der Waals surface area contributed by atoms with E-state index in [1.54, 1.807) is 0 Å². The third kappa shape index (κ3) is 1.06. The lowest BCUT2D eigenvalue weighted by atomic mass is 9.78. The van der Waals surface area contributed by atoms with Crippen molar-refractivity contribution in [1.29, 1.82) is 0 Å². The lowest BCUT2D eigenvalue weighted by molar-refractivity contribution is 0.275. The minimum Gasteiger partial charge on any atom is -0.359 e. The van der Waals surface area contributed by atoms with Gasteiger partial charge in [-0.3, -0.25) is 4.98 Å². The van der Waals surface area contributed by atoms with E-state index >= 15 is 0 Å². The molecule has 4 rings (SSSR count). The van der Waals surface area contributed by atoms with Crippen LogP contribution in [0.4, 0.5) is 0 Å². The Kier molecular flexibility index (Phi) is 1.34. The number of ether oxygens (including phenoxy) is 1. The molecule has 2 heterocycles. The van der Waals surface area contributed by atoms with Gasteiger partial charge in [0.05, 0.1) is 11.8 Å². The molecule has 1 spiro atoms. The van der Waals surface area contributed by atoms with Crippen LogP contribution >= 0.6 is 0 Å². The summed E-state index contributed by atoms with van der Waals surface area (Å²) in [7, 11) is 0. The van der Waals surface area contributed by atoms with Gasteiger partial charge in [-0.25, -0.2) is 0 Å². The Morgan fingerprint density at radius 2 is 2.07 bits per heavy atom. The highest BCUT2D eigenvalue weighted by molar-refractivity contribution is 5.26. The summed E-state index contributed by atoms with van der Waals surface area (Å²) in [5.41, 5.74) is 1.87. The first-order valence-corrected chi connectivity index (χ1v) is 5.92. The smallest absolute Gasteiger partial charge is 0.136 e. The first kappa shape index (κ1) is 8.28. The molecule has 3 fully saturated rings. The number of fused-ring (bicyclic) bond motifs is 1. The van der Waals surface area contributed by atoms with Gasteiger partial charge in [-0.05, 0) is 49.7 Å².